The van der Waals surface area contributed by atoms with Crippen molar-refractivity contribution >= 4 is 17.5 Å². The minimum atomic E-state index is -4.49. The van der Waals surface area contributed by atoms with Gasteiger partial charge in [0.2, 0.25) is 0 Å². The molecule has 2 heterocycles. The van der Waals surface area contributed by atoms with Gasteiger partial charge in [0.25, 0.3) is 11.8 Å². The number of nitrogens with one attached hydrogen (secondary N) is 1. The number of hydrogen-bond donors (Lipinski definition) is 1. The lowest BCUT2D eigenvalue weighted by Gasteiger charge is -2.19. The van der Waals surface area contributed by atoms with Crippen molar-refractivity contribution in [2.45, 2.75) is 32.9 Å². The van der Waals surface area contributed by atoms with E-state index >= 15 is 0 Å². The monoisotopic (exact) mass is 456 g/mol. The SMILES string of the molecule is Cc1cccc(C(=O)N2CCCC2)c1NC(=O)c1cnn(-c2cccc(C(F)(F)F)c2)c1C. The van der Waals surface area contributed by atoms with Crippen molar-refractivity contribution in [1.29, 1.82) is 0 Å². The van der Waals surface area contributed by atoms with E-state index in [4.69, 9.17) is 0 Å². The molecule has 4 rings (SSSR count). The van der Waals surface area contributed by atoms with E-state index < -0.39 is 17.6 Å². The number of carbonyl (C=O) groups excluding carboxylic acids is 2. The van der Waals surface area contributed by atoms with E-state index in [1.54, 1.807) is 36.9 Å². The summed E-state index contributed by atoms with van der Waals surface area (Å²) >= 11 is 0. The van der Waals surface area contributed by atoms with Crippen LogP contribution in [0.1, 0.15) is 50.4 Å². The number of aryl methyl sites for hydroxylation is 1. The molecule has 1 saturated heterocycles. The largest absolute Gasteiger partial charge is 0.416 e. The van der Waals surface area contributed by atoms with E-state index in [2.05, 4.69) is 10.4 Å². The number of halogens is 3. The number of nitrogens with zero attached hydrogens (tertiary/aromatic N) is 3. The molecule has 0 radical (unpaired) electrons. The number of para-hydroxylation sites is 1. The third-order valence-electron chi connectivity index (χ3n) is 5.81. The molecule has 33 heavy (non-hydrogen) atoms. The fourth-order valence-electron chi connectivity index (χ4n) is 3.99. The van der Waals surface area contributed by atoms with Crippen LogP contribution in [0.3, 0.4) is 0 Å². The first kappa shape index (κ1) is 22.6. The Hall–Kier alpha value is -3.62. The van der Waals surface area contributed by atoms with E-state index in [1.165, 1.54) is 23.0 Å². The summed E-state index contributed by atoms with van der Waals surface area (Å²) in [6.45, 7) is 4.78. The Morgan fingerprint density at radius 2 is 1.70 bits per heavy atom. The summed E-state index contributed by atoms with van der Waals surface area (Å²) in [4.78, 5) is 27.8. The molecular formula is C24H23F3N4O2. The third kappa shape index (κ3) is 4.48. The maximum absolute atomic E-state index is 13.1. The van der Waals surface area contributed by atoms with Crippen LogP contribution < -0.4 is 5.32 Å². The number of anilines is 1. The highest BCUT2D eigenvalue weighted by atomic mass is 19.4. The van der Waals surface area contributed by atoms with E-state index in [0.29, 0.717) is 30.0 Å². The van der Waals surface area contributed by atoms with Crippen LogP contribution in [0.5, 0.6) is 0 Å². The smallest absolute Gasteiger partial charge is 0.339 e. The number of alkyl halides is 3. The van der Waals surface area contributed by atoms with E-state index in [1.807, 2.05) is 0 Å². The quantitative estimate of drug-likeness (QED) is 0.601. The predicted octanol–water partition coefficient (Wildman–Crippen LogP) is 5.00. The number of likely N-dealkylation sites (tertiary alicyclic amines) is 1. The van der Waals surface area contributed by atoms with Crippen LogP contribution in [0.15, 0.2) is 48.7 Å². The van der Waals surface area contributed by atoms with Gasteiger partial charge in [0, 0.05) is 13.1 Å². The van der Waals surface area contributed by atoms with E-state index in [9.17, 15) is 22.8 Å². The van der Waals surface area contributed by atoms with Crippen molar-refractivity contribution in [2.24, 2.45) is 0 Å². The summed E-state index contributed by atoms with van der Waals surface area (Å²) < 4.78 is 40.6. The van der Waals surface area contributed by atoms with Crippen molar-refractivity contribution < 1.29 is 22.8 Å². The second-order valence-corrected chi connectivity index (χ2v) is 8.05. The lowest BCUT2D eigenvalue weighted by molar-refractivity contribution is -0.137. The fraction of sp³-hybridized carbons (Fsp3) is 0.292. The van der Waals surface area contributed by atoms with Gasteiger partial charge in [-0.3, -0.25) is 9.59 Å². The third-order valence-corrected chi connectivity index (χ3v) is 5.81. The first-order valence-electron chi connectivity index (χ1n) is 10.6. The number of rotatable bonds is 4. The molecule has 1 aromatic heterocycles. The van der Waals surface area contributed by atoms with Crippen LogP contribution in [-0.4, -0.2) is 39.6 Å². The van der Waals surface area contributed by atoms with Gasteiger partial charge in [0.15, 0.2) is 0 Å². The molecule has 0 saturated carbocycles. The number of hydrogen-bond acceptors (Lipinski definition) is 3. The molecule has 2 amide bonds. The summed E-state index contributed by atoms with van der Waals surface area (Å²) in [6.07, 6.45) is -1.27. The zero-order chi connectivity index (χ0) is 23.8. The first-order valence-corrected chi connectivity index (χ1v) is 10.6. The molecule has 6 nitrogen and oxygen atoms in total. The zero-order valence-corrected chi connectivity index (χ0v) is 18.2. The normalized spacial score (nSPS) is 13.9. The molecular weight excluding hydrogens is 433 g/mol. The molecule has 0 unspecified atom stereocenters. The van der Waals surface area contributed by atoms with Crippen molar-refractivity contribution in [3.63, 3.8) is 0 Å². The van der Waals surface area contributed by atoms with E-state index in [0.717, 1.165) is 30.5 Å². The second kappa shape index (κ2) is 8.73. The van der Waals surface area contributed by atoms with Crippen LogP contribution in [0, 0.1) is 13.8 Å². The Morgan fingerprint density at radius 1 is 1.00 bits per heavy atom. The lowest BCUT2D eigenvalue weighted by atomic mass is 10.1. The van der Waals surface area contributed by atoms with Gasteiger partial charge in [-0.25, -0.2) is 4.68 Å². The molecule has 3 aromatic rings. The minimum absolute atomic E-state index is 0.136. The Bertz CT molecular complexity index is 1210. The van der Waals surface area contributed by atoms with Crippen molar-refractivity contribution in [1.82, 2.24) is 14.7 Å². The Labute approximate surface area is 189 Å². The van der Waals surface area contributed by atoms with Gasteiger partial charge in [-0.1, -0.05) is 18.2 Å². The maximum Gasteiger partial charge on any atom is 0.416 e. The molecule has 172 valence electrons. The molecule has 9 heteroatoms. The van der Waals surface area contributed by atoms with E-state index in [-0.39, 0.29) is 17.2 Å². The van der Waals surface area contributed by atoms with Gasteiger partial charge in [-0.15, -0.1) is 0 Å². The first-order chi connectivity index (χ1) is 15.7. The Kier molecular flexibility index (Phi) is 5.97. The van der Waals surface area contributed by atoms with Gasteiger partial charge < -0.3 is 10.2 Å². The Balaban J connectivity index is 1.63. The number of carbonyl (C=O) groups is 2. The van der Waals surface area contributed by atoms with Crippen molar-refractivity contribution in [3.8, 4) is 5.69 Å². The molecule has 0 aliphatic carbocycles. The molecule has 0 spiro atoms. The zero-order valence-electron chi connectivity index (χ0n) is 18.2. The number of amides is 2. The highest BCUT2D eigenvalue weighted by Crippen LogP contribution is 2.31. The van der Waals surface area contributed by atoms with Crippen LogP contribution in [0.2, 0.25) is 0 Å². The number of benzene rings is 2. The summed E-state index contributed by atoms with van der Waals surface area (Å²) in [6, 6.07) is 10.00. The number of aromatic nitrogens is 2. The van der Waals surface area contributed by atoms with Gasteiger partial charge in [0.05, 0.1) is 40.0 Å². The van der Waals surface area contributed by atoms with Gasteiger partial charge >= 0.3 is 6.18 Å². The lowest BCUT2D eigenvalue weighted by Crippen LogP contribution is -2.29. The van der Waals surface area contributed by atoms with Gasteiger partial charge in [-0.05, 0) is 56.5 Å². The molecule has 1 N–H and O–H groups in total. The van der Waals surface area contributed by atoms with Crippen molar-refractivity contribution in [2.75, 3.05) is 18.4 Å². The summed E-state index contributed by atoms with van der Waals surface area (Å²) in [7, 11) is 0. The topological polar surface area (TPSA) is 67.2 Å². The molecule has 0 atom stereocenters. The summed E-state index contributed by atoms with van der Waals surface area (Å²) in [5.74, 6) is -0.626. The van der Waals surface area contributed by atoms with Crippen LogP contribution in [0.4, 0.5) is 18.9 Å². The van der Waals surface area contributed by atoms with Crippen LogP contribution >= 0.6 is 0 Å². The summed E-state index contributed by atoms with van der Waals surface area (Å²) in [5.41, 5.74) is 1.55. The van der Waals surface area contributed by atoms with Crippen molar-refractivity contribution in [3.05, 3.63) is 76.6 Å². The van der Waals surface area contributed by atoms with Crippen LogP contribution in [-0.2, 0) is 6.18 Å². The van der Waals surface area contributed by atoms with Gasteiger partial charge in [0.1, 0.15) is 0 Å². The predicted molar refractivity (Wildman–Crippen MR) is 118 cm³/mol. The summed E-state index contributed by atoms with van der Waals surface area (Å²) in [5, 5.41) is 6.95. The molecule has 2 aromatic carbocycles. The maximum atomic E-state index is 13.1. The highest BCUT2D eigenvalue weighted by Gasteiger charge is 2.31. The average molecular weight is 456 g/mol. The second-order valence-electron chi connectivity index (χ2n) is 8.05. The fourth-order valence-corrected chi connectivity index (χ4v) is 3.99. The molecule has 0 bridgehead atoms. The molecule has 1 fully saturated rings. The van der Waals surface area contributed by atoms with Crippen LogP contribution in [0.25, 0.3) is 5.69 Å². The highest BCUT2D eigenvalue weighted by molar-refractivity contribution is 6.10. The average Bonchev–Trinajstić information content (AvgIpc) is 3.44. The molecule has 1 aliphatic rings. The standard InChI is InChI=1S/C24H23F3N4O2/c1-15-7-5-10-19(23(33)30-11-3-4-12-30)21(15)29-22(32)20-14-28-31(16(20)2)18-9-6-8-17(13-18)24(25,26)27/h5-10,13-14H,3-4,11-12H2,1-2H3,(H,29,32). The Morgan fingerprint density at radius 3 is 2.39 bits per heavy atom. The van der Waals surface area contributed by atoms with Gasteiger partial charge in [-0.2, -0.15) is 18.3 Å². The molecule has 1 aliphatic heterocycles. The minimum Gasteiger partial charge on any atom is -0.339 e.